The summed E-state index contributed by atoms with van der Waals surface area (Å²) >= 11 is 3.39. The monoisotopic (exact) mass is 418 g/mol. The van der Waals surface area contributed by atoms with E-state index in [1.165, 1.54) is 17.0 Å². The van der Waals surface area contributed by atoms with E-state index in [4.69, 9.17) is 4.52 Å². The minimum Gasteiger partial charge on any atom is -0.334 e. The molecule has 134 valence electrons. The molecule has 0 aliphatic carbocycles. The zero-order valence-electron chi connectivity index (χ0n) is 13.9. The maximum Gasteiger partial charge on any atom is 0.321 e. The first-order valence-electron chi connectivity index (χ1n) is 7.88. The van der Waals surface area contributed by atoms with E-state index in [9.17, 15) is 9.18 Å². The van der Waals surface area contributed by atoms with Gasteiger partial charge in [-0.1, -0.05) is 17.3 Å². The zero-order valence-corrected chi connectivity index (χ0v) is 15.5. The number of carbonyl (C=O) groups excluding carboxylic acids is 1. The quantitative estimate of drug-likeness (QED) is 0.668. The molecule has 1 N–H and O–H groups in total. The zero-order chi connectivity index (χ0) is 18.5. The van der Waals surface area contributed by atoms with Crippen molar-refractivity contribution in [3.63, 3.8) is 0 Å². The first-order valence-corrected chi connectivity index (χ1v) is 8.67. The van der Waals surface area contributed by atoms with E-state index in [2.05, 4.69) is 31.4 Å². The molecule has 1 aromatic heterocycles. The first kappa shape index (κ1) is 18.1. The van der Waals surface area contributed by atoms with E-state index in [1.807, 2.05) is 24.3 Å². The Labute approximate surface area is 158 Å². The molecule has 8 heteroatoms. The van der Waals surface area contributed by atoms with E-state index in [0.29, 0.717) is 35.9 Å². The van der Waals surface area contributed by atoms with Crippen molar-refractivity contribution in [3.05, 3.63) is 64.6 Å². The van der Waals surface area contributed by atoms with E-state index in [0.717, 1.165) is 4.47 Å². The van der Waals surface area contributed by atoms with Crippen LogP contribution in [0.1, 0.15) is 5.82 Å². The summed E-state index contributed by atoms with van der Waals surface area (Å²) in [7, 11) is 1.69. The van der Waals surface area contributed by atoms with Crippen molar-refractivity contribution in [2.75, 3.05) is 18.9 Å². The summed E-state index contributed by atoms with van der Waals surface area (Å²) in [6.45, 7) is 0.415. The van der Waals surface area contributed by atoms with E-state index < -0.39 is 0 Å². The Morgan fingerprint density at radius 2 is 1.96 bits per heavy atom. The van der Waals surface area contributed by atoms with Crippen LogP contribution >= 0.6 is 15.9 Å². The molecule has 0 saturated heterocycles. The number of halogens is 2. The van der Waals surface area contributed by atoms with Crippen LogP contribution in [-0.4, -0.2) is 34.7 Å². The van der Waals surface area contributed by atoms with Crippen molar-refractivity contribution in [1.29, 1.82) is 0 Å². The molecule has 0 saturated carbocycles. The van der Waals surface area contributed by atoms with Crippen molar-refractivity contribution >= 4 is 27.6 Å². The molecule has 1 heterocycles. The highest BCUT2D eigenvalue weighted by Gasteiger charge is 2.13. The van der Waals surface area contributed by atoms with Crippen molar-refractivity contribution in [2.45, 2.75) is 6.42 Å². The number of hydrogen-bond acceptors (Lipinski definition) is 4. The standard InChI is InChI=1S/C18H16BrFN4O2/c1-24(18(25)21-15-5-3-2-4-14(15)19)11-10-16-22-17(26-23-16)12-6-8-13(20)9-7-12/h2-9H,10-11H2,1H3,(H,21,25). The second-order valence-electron chi connectivity index (χ2n) is 5.60. The van der Waals surface area contributed by atoms with Crippen LogP contribution in [0.25, 0.3) is 11.5 Å². The molecular weight excluding hydrogens is 403 g/mol. The fraction of sp³-hybridized carbons (Fsp3) is 0.167. The summed E-state index contributed by atoms with van der Waals surface area (Å²) < 4.78 is 19.0. The number of urea groups is 1. The van der Waals surface area contributed by atoms with Gasteiger partial charge in [-0.05, 0) is 52.3 Å². The summed E-state index contributed by atoms with van der Waals surface area (Å²) in [5, 5.41) is 6.72. The minimum absolute atomic E-state index is 0.237. The number of aromatic nitrogens is 2. The molecule has 0 bridgehead atoms. The molecule has 26 heavy (non-hydrogen) atoms. The van der Waals surface area contributed by atoms with Crippen LogP contribution in [0.15, 0.2) is 57.5 Å². The van der Waals surface area contributed by atoms with Gasteiger partial charge < -0.3 is 14.7 Å². The fourth-order valence-corrected chi connectivity index (χ4v) is 2.59. The highest BCUT2D eigenvalue weighted by molar-refractivity contribution is 9.10. The summed E-state index contributed by atoms with van der Waals surface area (Å²) in [6, 6.07) is 13.0. The fourth-order valence-electron chi connectivity index (χ4n) is 2.21. The van der Waals surface area contributed by atoms with Gasteiger partial charge in [-0.15, -0.1) is 0 Å². The molecule has 2 aromatic carbocycles. The van der Waals surface area contributed by atoms with E-state index >= 15 is 0 Å². The summed E-state index contributed by atoms with van der Waals surface area (Å²) in [4.78, 5) is 18.0. The normalized spacial score (nSPS) is 10.6. The molecular formula is C18H16BrFN4O2. The van der Waals surface area contributed by atoms with Crippen LogP contribution in [0.2, 0.25) is 0 Å². The van der Waals surface area contributed by atoms with Gasteiger partial charge in [0.25, 0.3) is 5.89 Å². The number of nitrogens with zero attached hydrogens (tertiary/aromatic N) is 3. The lowest BCUT2D eigenvalue weighted by molar-refractivity contribution is 0.222. The van der Waals surface area contributed by atoms with Gasteiger partial charge in [-0.25, -0.2) is 9.18 Å². The predicted octanol–water partition coefficient (Wildman–Crippen LogP) is 4.34. The molecule has 0 atom stereocenters. The largest absolute Gasteiger partial charge is 0.334 e. The molecule has 3 rings (SSSR count). The number of nitrogens with one attached hydrogen (secondary N) is 1. The van der Waals surface area contributed by atoms with Crippen LogP contribution in [0.4, 0.5) is 14.9 Å². The third-order valence-corrected chi connectivity index (χ3v) is 4.38. The topological polar surface area (TPSA) is 71.3 Å². The summed E-state index contributed by atoms with van der Waals surface area (Å²) in [5.74, 6) is 0.469. The average molecular weight is 419 g/mol. The van der Waals surface area contributed by atoms with Gasteiger partial charge in [-0.3, -0.25) is 0 Å². The summed E-state index contributed by atoms with van der Waals surface area (Å²) in [5.41, 5.74) is 1.34. The number of rotatable bonds is 5. The number of para-hydroxylation sites is 1. The maximum absolute atomic E-state index is 13.0. The second kappa shape index (κ2) is 8.09. The molecule has 0 aliphatic heterocycles. The molecule has 6 nitrogen and oxygen atoms in total. The van der Waals surface area contributed by atoms with Gasteiger partial charge in [-0.2, -0.15) is 4.98 Å². The highest BCUT2D eigenvalue weighted by Crippen LogP contribution is 2.21. The predicted molar refractivity (Wildman–Crippen MR) is 99.2 cm³/mol. The Morgan fingerprint density at radius 3 is 2.69 bits per heavy atom. The number of anilines is 1. The molecule has 2 amide bonds. The first-order chi connectivity index (χ1) is 12.5. The Hall–Kier alpha value is -2.74. The third kappa shape index (κ3) is 4.45. The molecule has 0 unspecified atom stereocenters. The van der Waals surface area contributed by atoms with Crippen LogP contribution in [0.5, 0.6) is 0 Å². The van der Waals surface area contributed by atoms with Crippen molar-refractivity contribution in [2.24, 2.45) is 0 Å². The number of amides is 2. The minimum atomic E-state index is -0.328. The average Bonchev–Trinajstić information content (AvgIpc) is 3.11. The van der Waals surface area contributed by atoms with Crippen molar-refractivity contribution < 1.29 is 13.7 Å². The van der Waals surface area contributed by atoms with E-state index in [-0.39, 0.29) is 11.8 Å². The van der Waals surface area contributed by atoms with Crippen molar-refractivity contribution in [1.82, 2.24) is 15.0 Å². The van der Waals surface area contributed by atoms with Gasteiger partial charge in [0.05, 0.1) is 5.69 Å². The van der Waals surface area contributed by atoms with Crippen LogP contribution in [-0.2, 0) is 6.42 Å². The van der Waals surface area contributed by atoms with Crippen LogP contribution in [0, 0.1) is 5.82 Å². The molecule has 0 fully saturated rings. The van der Waals surface area contributed by atoms with Gasteiger partial charge in [0.1, 0.15) is 5.82 Å². The molecule has 3 aromatic rings. The maximum atomic E-state index is 13.0. The SMILES string of the molecule is CN(CCc1noc(-c2ccc(F)cc2)n1)C(=O)Nc1ccccc1Br. The Balaban J connectivity index is 1.56. The smallest absolute Gasteiger partial charge is 0.321 e. The third-order valence-electron chi connectivity index (χ3n) is 3.69. The molecule has 0 radical (unpaired) electrons. The second-order valence-corrected chi connectivity index (χ2v) is 6.46. The number of likely N-dealkylation sites (N-methyl/N-ethyl adjacent to an activating group) is 1. The van der Waals surface area contributed by atoms with E-state index in [1.54, 1.807) is 19.2 Å². The Kier molecular flexibility index (Phi) is 5.62. The lowest BCUT2D eigenvalue weighted by Crippen LogP contribution is -2.33. The Morgan fingerprint density at radius 1 is 1.23 bits per heavy atom. The highest BCUT2D eigenvalue weighted by atomic mass is 79.9. The number of hydrogen-bond donors (Lipinski definition) is 1. The van der Waals surface area contributed by atoms with Gasteiger partial charge in [0, 0.05) is 30.0 Å². The molecule has 0 aliphatic rings. The van der Waals surface area contributed by atoms with Crippen LogP contribution < -0.4 is 5.32 Å². The van der Waals surface area contributed by atoms with Gasteiger partial charge >= 0.3 is 6.03 Å². The number of benzene rings is 2. The van der Waals surface area contributed by atoms with Crippen molar-refractivity contribution in [3.8, 4) is 11.5 Å². The lowest BCUT2D eigenvalue weighted by atomic mass is 10.2. The van der Waals surface area contributed by atoms with Gasteiger partial charge in [0.15, 0.2) is 5.82 Å². The lowest BCUT2D eigenvalue weighted by Gasteiger charge is -2.17. The Bertz CT molecular complexity index is 898. The van der Waals surface area contributed by atoms with Crippen LogP contribution in [0.3, 0.4) is 0 Å². The number of carbonyl (C=O) groups is 1. The molecule has 0 spiro atoms. The van der Waals surface area contributed by atoms with Gasteiger partial charge in [0.2, 0.25) is 0 Å². The summed E-state index contributed by atoms with van der Waals surface area (Å²) in [6.07, 6.45) is 0.435.